The van der Waals surface area contributed by atoms with Crippen LogP contribution >= 0.6 is 0 Å². The van der Waals surface area contributed by atoms with Gasteiger partial charge in [0, 0.05) is 18.7 Å². The number of hydrogen-bond donors (Lipinski definition) is 1. The van der Waals surface area contributed by atoms with Crippen molar-refractivity contribution < 1.29 is 19.3 Å². The summed E-state index contributed by atoms with van der Waals surface area (Å²) < 4.78 is 16.0. The van der Waals surface area contributed by atoms with Crippen molar-refractivity contribution in [1.82, 2.24) is 4.90 Å². The van der Waals surface area contributed by atoms with E-state index in [0.717, 1.165) is 19.6 Å². The number of methoxy groups -OCH3 is 3. The summed E-state index contributed by atoms with van der Waals surface area (Å²) in [5.74, 6) is 1.85. The van der Waals surface area contributed by atoms with Crippen molar-refractivity contribution in [2.75, 3.05) is 41.0 Å². The van der Waals surface area contributed by atoms with Gasteiger partial charge in [-0.05, 0) is 32.4 Å². The molecule has 1 unspecified atom stereocenters. The van der Waals surface area contributed by atoms with Crippen LogP contribution in [0, 0.1) is 0 Å². The van der Waals surface area contributed by atoms with Crippen molar-refractivity contribution >= 4 is 0 Å². The monoisotopic (exact) mass is 295 g/mol. The van der Waals surface area contributed by atoms with E-state index in [9.17, 15) is 5.11 Å². The molecule has 1 aromatic rings. The Kier molecular flexibility index (Phi) is 5.70. The molecule has 0 bridgehead atoms. The molecule has 1 aromatic carbocycles. The number of aliphatic hydroxyl groups excluding tert-OH is 1. The average molecular weight is 295 g/mol. The predicted octanol–water partition coefficient (Wildman–Crippen LogP) is 2.23. The van der Waals surface area contributed by atoms with Gasteiger partial charge in [-0.25, -0.2) is 0 Å². The van der Waals surface area contributed by atoms with Crippen LogP contribution < -0.4 is 14.2 Å². The summed E-state index contributed by atoms with van der Waals surface area (Å²) in [6.07, 6.45) is 2.57. The van der Waals surface area contributed by atoms with Crippen molar-refractivity contribution in [2.45, 2.75) is 25.4 Å². The second-order valence-electron chi connectivity index (χ2n) is 5.30. The quantitative estimate of drug-likeness (QED) is 0.836. The van der Waals surface area contributed by atoms with E-state index < -0.39 is 6.10 Å². The fraction of sp³-hybridized carbons (Fsp3) is 0.625. The molecule has 1 N–H and O–H groups in total. The molecule has 21 heavy (non-hydrogen) atoms. The van der Waals surface area contributed by atoms with E-state index in [1.54, 1.807) is 33.5 Å². The molecule has 1 heterocycles. The molecule has 0 radical (unpaired) electrons. The smallest absolute Gasteiger partial charge is 0.132 e. The number of hydrogen-bond acceptors (Lipinski definition) is 5. The molecule has 0 aromatic heterocycles. The molecule has 5 heteroatoms. The van der Waals surface area contributed by atoms with Crippen molar-refractivity contribution in [3.63, 3.8) is 0 Å². The lowest BCUT2D eigenvalue weighted by Gasteiger charge is -2.21. The van der Waals surface area contributed by atoms with Gasteiger partial charge in [0.25, 0.3) is 0 Å². The lowest BCUT2D eigenvalue weighted by molar-refractivity contribution is 0.142. The van der Waals surface area contributed by atoms with Crippen LogP contribution in [-0.4, -0.2) is 51.0 Å². The Labute approximate surface area is 126 Å². The second kappa shape index (κ2) is 7.52. The second-order valence-corrected chi connectivity index (χ2v) is 5.30. The first-order chi connectivity index (χ1) is 10.2. The molecule has 1 aliphatic heterocycles. The minimum Gasteiger partial charge on any atom is -0.496 e. The summed E-state index contributed by atoms with van der Waals surface area (Å²) in [6.45, 7) is 3.15. The van der Waals surface area contributed by atoms with E-state index in [1.807, 2.05) is 0 Å². The van der Waals surface area contributed by atoms with E-state index >= 15 is 0 Å². The van der Waals surface area contributed by atoms with Crippen LogP contribution in [0.1, 0.15) is 30.9 Å². The zero-order valence-electron chi connectivity index (χ0n) is 13.1. The van der Waals surface area contributed by atoms with Crippen molar-refractivity contribution in [3.05, 3.63) is 17.7 Å². The lowest BCUT2D eigenvalue weighted by atomic mass is 10.0. The molecule has 0 aliphatic carbocycles. The summed E-state index contributed by atoms with van der Waals surface area (Å²) in [5.41, 5.74) is 0.694. The molecule has 2 rings (SSSR count). The minimum atomic E-state index is -0.610. The van der Waals surface area contributed by atoms with Crippen molar-refractivity contribution in [1.29, 1.82) is 0 Å². The standard InChI is InChI=1S/C16H25NO4/c1-19-12-10-14(20-2)16(15(11-12)21-3)13(18)6-9-17-7-4-5-8-17/h10-11,13,18H,4-9H2,1-3H3. The maximum absolute atomic E-state index is 10.5. The molecule has 118 valence electrons. The SMILES string of the molecule is COc1cc(OC)c(C(O)CCN2CCCC2)c(OC)c1. The van der Waals surface area contributed by atoms with E-state index in [0.29, 0.717) is 29.2 Å². The Bertz CT molecular complexity index is 433. The van der Waals surface area contributed by atoms with Gasteiger partial charge in [-0.15, -0.1) is 0 Å². The third-order valence-electron chi connectivity index (χ3n) is 4.00. The van der Waals surface area contributed by atoms with Crippen LogP contribution in [-0.2, 0) is 0 Å². The molecule has 1 fully saturated rings. The molecule has 0 spiro atoms. The fourth-order valence-corrected chi connectivity index (χ4v) is 2.82. The Morgan fingerprint density at radius 1 is 1.05 bits per heavy atom. The van der Waals surface area contributed by atoms with Gasteiger partial charge in [-0.1, -0.05) is 0 Å². The fourth-order valence-electron chi connectivity index (χ4n) is 2.82. The van der Waals surface area contributed by atoms with Gasteiger partial charge >= 0.3 is 0 Å². The zero-order chi connectivity index (χ0) is 15.2. The maximum atomic E-state index is 10.5. The highest BCUT2D eigenvalue weighted by molar-refractivity contribution is 5.51. The molecule has 0 amide bonds. The topological polar surface area (TPSA) is 51.2 Å². The Balaban J connectivity index is 2.15. The van der Waals surface area contributed by atoms with E-state index in [-0.39, 0.29) is 0 Å². The third kappa shape index (κ3) is 3.80. The average Bonchev–Trinajstić information content (AvgIpc) is 3.04. The summed E-state index contributed by atoms with van der Waals surface area (Å²) >= 11 is 0. The van der Waals surface area contributed by atoms with Gasteiger partial charge in [-0.3, -0.25) is 0 Å². The number of aliphatic hydroxyl groups is 1. The van der Waals surface area contributed by atoms with Crippen LogP contribution in [0.25, 0.3) is 0 Å². The van der Waals surface area contributed by atoms with Gasteiger partial charge < -0.3 is 24.2 Å². The van der Waals surface area contributed by atoms with Crippen LogP contribution in [0.4, 0.5) is 0 Å². The van der Waals surface area contributed by atoms with E-state index in [1.165, 1.54) is 12.8 Å². The van der Waals surface area contributed by atoms with Crippen molar-refractivity contribution in [3.8, 4) is 17.2 Å². The first-order valence-electron chi connectivity index (χ1n) is 7.40. The minimum absolute atomic E-state index is 0.597. The largest absolute Gasteiger partial charge is 0.496 e. The first-order valence-corrected chi connectivity index (χ1v) is 7.40. The summed E-state index contributed by atoms with van der Waals surface area (Å²) in [5, 5.41) is 10.5. The number of ether oxygens (including phenoxy) is 3. The first kappa shape index (κ1) is 15.9. The van der Waals surface area contributed by atoms with Crippen LogP contribution in [0.3, 0.4) is 0 Å². The number of nitrogens with zero attached hydrogens (tertiary/aromatic N) is 1. The van der Waals surface area contributed by atoms with Gasteiger partial charge in [0.15, 0.2) is 0 Å². The predicted molar refractivity (Wildman–Crippen MR) is 81.3 cm³/mol. The molecule has 1 atom stereocenters. The van der Waals surface area contributed by atoms with Gasteiger partial charge in [0.05, 0.1) is 33.0 Å². The normalized spacial score (nSPS) is 16.8. The Hall–Kier alpha value is -1.46. The third-order valence-corrected chi connectivity index (χ3v) is 4.00. The highest BCUT2D eigenvalue weighted by atomic mass is 16.5. The molecular formula is C16H25NO4. The van der Waals surface area contributed by atoms with Crippen LogP contribution in [0.5, 0.6) is 17.2 Å². The van der Waals surface area contributed by atoms with Crippen LogP contribution in [0.15, 0.2) is 12.1 Å². The lowest BCUT2D eigenvalue weighted by Crippen LogP contribution is -2.22. The summed E-state index contributed by atoms with van der Waals surface area (Å²) in [4.78, 5) is 2.38. The Morgan fingerprint density at radius 2 is 1.62 bits per heavy atom. The number of rotatable bonds is 7. The van der Waals surface area contributed by atoms with E-state index in [4.69, 9.17) is 14.2 Å². The maximum Gasteiger partial charge on any atom is 0.132 e. The Morgan fingerprint density at radius 3 is 2.10 bits per heavy atom. The highest BCUT2D eigenvalue weighted by Gasteiger charge is 2.22. The van der Waals surface area contributed by atoms with Gasteiger partial charge in [0.1, 0.15) is 17.2 Å². The number of likely N-dealkylation sites (tertiary alicyclic amines) is 1. The summed E-state index contributed by atoms with van der Waals surface area (Å²) in [7, 11) is 4.77. The zero-order valence-corrected chi connectivity index (χ0v) is 13.1. The van der Waals surface area contributed by atoms with Gasteiger partial charge in [-0.2, -0.15) is 0 Å². The van der Waals surface area contributed by atoms with E-state index in [2.05, 4.69) is 4.90 Å². The summed E-state index contributed by atoms with van der Waals surface area (Å²) in [6, 6.07) is 3.55. The van der Waals surface area contributed by atoms with Crippen molar-refractivity contribution in [2.24, 2.45) is 0 Å². The van der Waals surface area contributed by atoms with Gasteiger partial charge in [0.2, 0.25) is 0 Å². The highest BCUT2D eigenvalue weighted by Crippen LogP contribution is 2.39. The molecule has 0 saturated carbocycles. The molecular weight excluding hydrogens is 270 g/mol. The van der Waals surface area contributed by atoms with Crippen LogP contribution in [0.2, 0.25) is 0 Å². The molecule has 1 saturated heterocycles. The molecule has 5 nitrogen and oxygen atoms in total. The number of benzene rings is 1. The molecule has 1 aliphatic rings.